The number of aryl methyl sites for hydroxylation is 1. The molecule has 1 atom stereocenters. The molecule has 0 fully saturated rings. The Kier molecular flexibility index (Phi) is 4.65. The van der Waals surface area contributed by atoms with E-state index in [2.05, 4.69) is 10.6 Å². The molecule has 6 heteroatoms. The van der Waals surface area contributed by atoms with Crippen LogP contribution in [-0.4, -0.2) is 23.1 Å². The van der Waals surface area contributed by atoms with Gasteiger partial charge in [0.1, 0.15) is 5.82 Å². The van der Waals surface area contributed by atoms with Gasteiger partial charge in [-0.05, 0) is 37.6 Å². The second kappa shape index (κ2) is 6.00. The SMILES string of the molecule is Cc1cc(F)cc(NC(=O)NC(C)CC(=O)O)c1. The molecule has 1 aromatic rings. The van der Waals surface area contributed by atoms with Crippen LogP contribution >= 0.6 is 0 Å². The summed E-state index contributed by atoms with van der Waals surface area (Å²) in [5.41, 5.74) is 1.01. The van der Waals surface area contributed by atoms with Gasteiger partial charge < -0.3 is 15.7 Å². The summed E-state index contributed by atoms with van der Waals surface area (Å²) < 4.78 is 13.1. The van der Waals surface area contributed by atoms with E-state index in [1.54, 1.807) is 19.9 Å². The number of carbonyl (C=O) groups is 2. The first-order valence-electron chi connectivity index (χ1n) is 5.43. The Balaban J connectivity index is 2.56. The van der Waals surface area contributed by atoms with E-state index in [9.17, 15) is 14.0 Å². The molecule has 98 valence electrons. The molecule has 18 heavy (non-hydrogen) atoms. The molecule has 1 unspecified atom stereocenters. The van der Waals surface area contributed by atoms with Gasteiger partial charge in [0, 0.05) is 11.7 Å². The Hall–Kier alpha value is -2.11. The average molecular weight is 254 g/mol. The van der Waals surface area contributed by atoms with Gasteiger partial charge in [-0.25, -0.2) is 9.18 Å². The van der Waals surface area contributed by atoms with Gasteiger partial charge in [0.25, 0.3) is 0 Å². The lowest BCUT2D eigenvalue weighted by Gasteiger charge is -2.13. The van der Waals surface area contributed by atoms with Crippen molar-refractivity contribution in [2.75, 3.05) is 5.32 Å². The molecule has 0 aliphatic rings. The Labute approximate surface area is 104 Å². The number of carboxylic acids is 1. The number of hydrogen-bond acceptors (Lipinski definition) is 2. The number of rotatable bonds is 4. The van der Waals surface area contributed by atoms with E-state index in [0.717, 1.165) is 0 Å². The summed E-state index contributed by atoms with van der Waals surface area (Å²) in [5.74, 6) is -1.44. The molecule has 0 aliphatic heterocycles. The average Bonchev–Trinajstić information content (AvgIpc) is 2.12. The van der Waals surface area contributed by atoms with E-state index in [1.807, 2.05) is 0 Å². The van der Waals surface area contributed by atoms with Crippen LogP contribution in [0.15, 0.2) is 18.2 Å². The van der Waals surface area contributed by atoms with Crippen molar-refractivity contribution in [3.8, 4) is 0 Å². The van der Waals surface area contributed by atoms with Crippen molar-refractivity contribution in [2.24, 2.45) is 0 Å². The number of urea groups is 1. The van der Waals surface area contributed by atoms with Gasteiger partial charge in [-0.1, -0.05) is 0 Å². The van der Waals surface area contributed by atoms with Gasteiger partial charge in [-0.3, -0.25) is 4.79 Å². The number of aliphatic carboxylic acids is 1. The highest BCUT2D eigenvalue weighted by Crippen LogP contribution is 2.13. The fraction of sp³-hybridized carbons (Fsp3) is 0.333. The highest BCUT2D eigenvalue weighted by Gasteiger charge is 2.11. The molecule has 0 bridgehead atoms. The first-order chi connectivity index (χ1) is 8.36. The number of anilines is 1. The molecular weight excluding hydrogens is 239 g/mol. The Morgan fingerprint density at radius 1 is 1.39 bits per heavy atom. The van der Waals surface area contributed by atoms with Crippen molar-refractivity contribution in [2.45, 2.75) is 26.3 Å². The molecule has 0 aromatic heterocycles. The number of carboxylic acid groups (broad SMARTS) is 1. The lowest BCUT2D eigenvalue weighted by molar-refractivity contribution is -0.137. The largest absolute Gasteiger partial charge is 0.481 e. The minimum atomic E-state index is -0.996. The van der Waals surface area contributed by atoms with Crippen LogP contribution in [0.25, 0.3) is 0 Å². The highest BCUT2D eigenvalue weighted by molar-refractivity contribution is 5.89. The molecule has 1 rings (SSSR count). The zero-order valence-electron chi connectivity index (χ0n) is 10.2. The summed E-state index contributed by atoms with van der Waals surface area (Å²) >= 11 is 0. The first-order valence-corrected chi connectivity index (χ1v) is 5.43. The van der Waals surface area contributed by atoms with Gasteiger partial charge in [0.15, 0.2) is 0 Å². The van der Waals surface area contributed by atoms with Gasteiger partial charge in [-0.15, -0.1) is 0 Å². The van der Waals surface area contributed by atoms with Crippen LogP contribution in [0.5, 0.6) is 0 Å². The van der Waals surface area contributed by atoms with Crippen LogP contribution in [-0.2, 0) is 4.79 Å². The fourth-order valence-electron chi connectivity index (χ4n) is 1.51. The number of hydrogen-bond donors (Lipinski definition) is 3. The lowest BCUT2D eigenvalue weighted by atomic mass is 10.2. The van der Waals surface area contributed by atoms with Crippen molar-refractivity contribution >= 4 is 17.7 Å². The minimum absolute atomic E-state index is 0.171. The summed E-state index contributed by atoms with van der Waals surface area (Å²) in [6.45, 7) is 3.28. The standard InChI is InChI=1S/C12H15FN2O3/c1-7-3-9(13)6-10(4-7)15-12(18)14-8(2)5-11(16)17/h3-4,6,8H,5H2,1-2H3,(H,16,17)(H2,14,15,18). The first kappa shape index (κ1) is 14.0. The lowest BCUT2D eigenvalue weighted by Crippen LogP contribution is -2.37. The third kappa shape index (κ3) is 4.82. The van der Waals surface area contributed by atoms with Gasteiger partial charge in [0.05, 0.1) is 6.42 Å². The van der Waals surface area contributed by atoms with Crippen LogP contribution in [0.1, 0.15) is 18.9 Å². The Bertz CT molecular complexity index is 442. The fourth-order valence-corrected chi connectivity index (χ4v) is 1.51. The van der Waals surface area contributed by atoms with Crippen molar-refractivity contribution in [3.63, 3.8) is 0 Å². The molecule has 5 nitrogen and oxygen atoms in total. The summed E-state index contributed by atoms with van der Waals surface area (Å²) in [5, 5.41) is 13.4. The Morgan fingerprint density at radius 2 is 2.06 bits per heavy atom. The molecule has 1 aromatic carbocycles. The monoisotopic (exact) mass is 254 g/mol. The predicted octanol–water partition coefficient (Wildman–Crippen LogP) is 2.12. The van der Waals surface area contributed by atoms with Crippen LogP contribution in [0, 0.1) is 12.7 Å². The molecule has 0 spiro atoms. The van der Waals surface area contributed by atoms with Crippen LogP contribution in [0.3, 0.4) is 0 Å². The van der Waals surface area contributed by atoms with E-state index in [1.165, 1.54) is 12.1 Å². The van der Waals surface area contributed by atoms with Gasteiger partial charge >= 0.3 is 12.0 Å². The number of benzene rings is 1. The Morgan fingerprint density at radius 3 is 2.61 bits per heavy atom. The van der Waals surface area contributed by atoms with Gasteiger partial charge in [-0.2, -0.15) is 0 Å². The molecule has 0 saturated carbocycles. The number of nitrogens with one attached hydrogen (secondary N) is 2. The van der Waals surface area contributed by atoms with E-state index >= 15 is 0 Å². The van der Waals surface area contributed by atoms with E-state index in [0.29, 0.717) is 11.3 Å². The third-order valence-corrected chi connectivity index (χ3v) is 2.16. The normalized spacial score (nSPS) is 11.7. The summed E-state index contributed by atoms with van der Waals surface area (Å²) in [6.07, 6.45) is -0.171. The number of carbonyl (C=O) groups excluding carboxylic acids is 1. The zero-order valence-corrected chi connectivity index (χ0v) is 10.2. The summed E-state index contributed by atoms with van der Waals surface area (Å²) in [4.78, 5) is 21.9. The van der Waals surface area contributed by atoms with Gasteiger partial charge in [0.2, 0.25) is 0 Å². The summed E-state index contributed by atoms with van der Waals surface area (Å²) in [7, 11) is 0. The quantitative estimate of drug-likeness (QED) is 0.770. The molecule has 0 saturated heterocycles. The maximum atomic E-state index is 13.1. The van der Waals surface area contributed by atoms with Crippen molar-refractivity contribution in [1.82, 2.24) is 5.32 Å². The molecule has 2 amide bonds. The second-order valence-electron chi connectivity index (χ2n) is 4.11. The van der Waals surface area contributed by atoms with E-state index in [-0.39, 0.29) is 6.42 Å². The van der Waals surface area contributed by atoms with Crippen LogP contribution in [0.2, 0.25) is 0 Å². The topological polar surface area (TPSA) is 78.4 Å². The van der Waals surface area contributed by atoms with Crippen LogP contribution < -0.4 is 10.6 Å². The smallest absolute Gasteiger partial charge is 0.319 e. The zero-order chi connectivity index (χ0) is 13.7. The summed E-state index contributed by atoms with van der Waals surface area (Å²) in [6, 6.07) is 3.08. The number of halogens is 1. The second-order valence-corrected chi connectivity index (χ2v) is 4.11. The predicted molar refractivity (Wildman–Crippen MR) is 65.0 cm³/mol. The minimum Gasteiger partial charge on any atom is -0.481 e. The molecule has 0 heterocycles. The molecule has 0 radical (unpaired) electrons. The number of amides is 2. The maximum Gasteiger partial charge on any atom is 0.319 e. The van der Waals surface area contributed by atoms with E-state index < -0.39 is 23.9 Å². The van der Waals surface area contributed by atoms with E-state index in [4.69, 9.17) is 5.11 Å². The molecular formula is C12H15FN2O3. The van der Waals surface area contributed by atoms with Crippen molar-refractivity contribution in [3.05, 3.63) is 29.6 Å². The van der Waals surface area contributed by atoms with Crippen molar-refractivity contribution in [1.29, 1.82) is 0 Å². The highest BCUT2D eigenvalue weighted by atomic mass is 19.1. The molecule has 3 N–H and O–H groups in total. The van der Waals surface area contributed by atoms with Crippen molar-refractivity contribution < 1.29 is 19.1 Å². The van der Waals surface area contributed by atoms with Crippen LogP contribution in [0.4, 0.5) is 14.9 Å². The molecule has 0 aliphatic carbocycles. The maximum absolute atomic E-state index is 13.1. The third-order valence-electron chi connectivity index (χ3n) is 2.16.